The highest BCUT2D eigenvalue weighted by Crippen LogP contribution is 2.30. The van der Waals surface area contributed by atoms with E-state index in [1.165, 1.54) is 17.2 Å². The van der Waals surface area contributed by atoms with E-state index in [4.69, 9.17) is 0 Å². The highest BCUT2D eigenvalue weighted by atomic mass is 35.5. The van der Waals surface area contributed by atoms with E-state index in [1.54, 1.807) is 35.2 Å². The summed E-state index contributed by atoms with van der Waals surface area (Å²) in [5.41, 5.74) is 5.19. The predicted octanol–water partition coefficient (Wildman–Crippen LogP) is 4.95. The largest absolute Gasteiger partial charge is 0.353 e. The standard InChI is InChI=1S/C31H38FN5O2.2ClH/c1-22(2)33-15-16-34-30(38)20-36(21-31(39)35(4)37-18-25-9-5-6-10-26(25)19-37)29-17-24(14-13-23(29)3)27-11-7-8-12-28(27)32;;/h5-14,17,22,33H,15-16,18-21H2,1-4H3,(H,34,38);2*1H. The molecule has 1 aliphatic rings. The molecule has 0 aliphatic carbocycles. The van der Waals surface area contributed by atoms with Gasteiger partial charge in [-0.25, -0.2) is 9.40 Å². The fourth-order valence-electron chi connectivity index (χ4n) is 4.78. The zero-order chi connectivity index (χ0) is 27.9. The summed E-state index contributed by atoms with van der Waals surface area (Å²) in [4.78, 5) is 28.3. The first-order valence-electron chi connectivity index (χ1n) is 13.4. The van der Waals surface area contributed by atoms with Gasteiger partial charge >= 0.3 is 0 Å². The van der Waals surface area contributed by atoms with Crippen molar-refractivity contribution in [2.75, 3.05) is 38.1 Å². The van der Waals surface area contributed by atoms with E-state index in [0.717, 1.165) is 11.3 Å². The molecule has 0 spiro atoms. The first-order chi connectivity index (χ1) is 18.7. The van der Waals surface area contributed by atoms with Crippen LogP contribution in [-0.4, -0.2) is 61.1 Å². The number of hydrazine groups is 1. The molecule has 0 radical (unpaired) electrons. The highest BCUT2D eigenvalue weighted by molar-refractivity contribution is 5.87. The number of fused-ring (bicyclic) bond motifs is 1. The van der Waals surface area contributed by atoms with Crippen LogP contribution in [0.25, 0.3) is 11.1 Å². The Labute approximate surface area is 254 Å². The monoisotopic (exact) mass is 603 g/mol. The first kappa shape index (κ1) is 34.0. The number of anilines is 1. The van der Waals surface area contributed by atoms with Crippen LogP contribution in [0.2, 0.25) is 0 Å². The van der Waals surface area contributed by atoms with Crippen LogP contribution in [0.3, 0.4) is 0 Å². The van der Waals surface area contributed by atoms with E-state index in [-0.39, 0.29) is 55.5 Å². The minimum atomic E-state index is -0.321. The van der Waals surface area contributed by atoms with Crippen molar-refractivity contribution in [3.05, 3.63) is 89.2 Å². The summed E-state index contributed by atoms with van der Waals surface area (Å²) in [5, 5.41) is 9.88. The molecule has 7 nitrogen and oxygen atoms in total. The molecule has 0 unspecified atom stereocenters. The lowest BCUT2D eigenvalue weighted by Crippen LogP contribution is -2.48. The average molecular weight is 605 g/mol. The Morgan fingerprint density at radius 2 is 1.56 bits per heavy atom. The number of nitrogens with one attached hydrogen (secondary N) is 2. The van der Waals surface area contributed by atoms with Crippen molar-refractivity contribution in [2.24, 2.45) is 0 Å². The van der Waals surface area contributed by atoms with Gasteiger partial charge in [-0.05, 0) is 41.3 Å². The van der Waals surface area contributed by atoms with E-state index in [1.807, 2.05) is 42.3 Å². The Bertz CT molecular complexity index is 1300. The number of nitrogens with zero attached hydrogens (tertiary/aromatic N) is 3. The molecular weight excluding hydrogens is 564 g/mol. The fourth-order valence-corrected chi connectivity index (χ4v) is 4.78. The Morgan fingerprint density at radius 1 is 0.927 bits per heavy atom. The Kier molecular flexibility index (Phi) is 13.1. The van der Waals surface area contributed by atoms with Crippen LogP contribution in [0, 0.1) is 12.7 Å². The molecule has 4 rings (SSSR count). The van der Waals surface area contributed by atoms with Gasteiger partial charge < -0.3 is 15.5 Å². The van der Waals surface area contributed by atoms with Crippen molar-refractivity contribution in [3.63, 3.8) is 0 Å². The van der Waals surface area contributed by atoms with Gasteiger partial charge in [0.05, 0.1) is 13.1 Å². The van der Waals surface area contributed by atoms with E-state index in [9.17, 15) is 14.0 Å². The summed E-state index contributed by atoms with van der Waals surface area (Å²) in [7, 11) is 1.77. The average Bonchev–Trinajstić information content (AvgIpc) is 3.35. The number of halogens is 3. The SMILES string of the molecule is Cc1ccc(-c2ccccc2F)cc1N(CC(=O)NCCNC(C)C)CC(=O)N(C)N1Cc2ccccc2C1.Cl.Cl. The second-order valence-corrected chi connectivity index (χ2v) is 10.3. The third-order valence-electron chi connectivity index (χ3n) is 7.00. The number of hydrogen-bond donors (Lipinski definition) is 2. The Hall–Kier alpha value is -3.17. The number of benzene rings is 3. The topological polar surface area (TPSA) is 67.9 Å². The molecule has 1 aliphatic heterocycles. The maximum Gasteiger partial charge on any atom is 0.256 e. The van der Waals surface area contributed by atoms with E-state index in [2.05, 4.69) is 36.6 Å². The van der Waals surface area contributed by atoms with Crippen molar-refractivity contribution in [2.45, 2.75) is 39.9 Å². The minimum Gasteiger partial charge on any atom is -0.353 e. The summed E-state index contributed by atoms with van der Waals surface area (Å²) in [5.74, 6) is -0.633. The lowest BCUT2D eigenvalue weighted by molar-refractivity contribution is -0.145. The van der Waals surface area contributed by atoms with E-state index >= 15 is 0 Å². The molecular formula is C31H40Cl2FN5O2. The molecule has 222 valence electrons. The maximum absolute atomic E-state index is 14.6. The van der Waals surface area contributed by atoms with Gasteiger partial charge in [-0.3, -0.25) is 14.6 Å². The summed E-state index contributed by atoms with van der Waals surface area (Å²) < 4.78 is 14.6. The van der Waals surface area contributed by atoms with Crippen molar-refractivity contribution >= 4 is 42.3 Å². The molecule has 2 N–H and O–H groups in total. The van der Waals surface area contributed by atoms with Gasteiger partial charge in [0.2, 0.25) is 5.91 Å². The number of aryl methyl sites for hydroxylation is 1. The quantitative estimate of drug-likeness (QED) is 0.303. The molecule has 3 aromatic carbocycles. The van der Waals surface area contributed by atoms with Gasteiger partial charge in [0.15, 0.2) is 0 Å². The van der Waals surface area contributed by atoms with Gasteiger partial charge in [0.25, 0.3) is 5.91 Å². The molecule has 1 heterocycles. The number of carbonyl (C=O) groups is 2. The molecule has 0 saturated carbocycles. The predicted molar refractivity (Wildman–Crippen MR) is 168 cm³/mol. The number of amides is 2. The van der Waals surface area contributed by atoms with Gasteiger partial charge in [-0.15, -0.1) is 24.8 Å². The van der Waals surface area contributed by atoms with Crippen molar-refractivity contribution < 1.29 is 14.0 Å². The highest BCUT2D eigenvalue weighted by Gasteiger charge is 2.27. The number of carbonyl (C=O) groups excluding carboxylic acids is 2. The third kappa shape index (κ3) is 8.91. The zero-order valence-electron chi connectivity index (χ0n) is 24.0. The number of hydrogen-bond acceptors (Lipinski definition) is 5. The second kappa shape index (κ2) is 15.7. The minimum absolute atomic E-state index is 0. The summed E-state index contributed by atoms with van der Waals surface area (Å²) in [6.45, 7) is 8.50. The second-order valence-electron chi connectivity index (χ2n) is 10.3. The summed E-state index contributed by atoms with van der Waals surface area (Å²) in [6, 6.07) is 20.7. The molecule has 0 fully saturated rings. The molecule has 0 atom stereocenters. The smallest absolute Gasteiger partial charge is 0.256 e. The van der Waals surface area contributed by atoms with Gasteiger partial charge in [0, 0.05) is 50.5 Å². The lowest BCUT2D eigenvalue weighted by Gasteiger charge is -2.32. The maximum atomic E-state index is 14.6. The number of rotatable bonds is 11. The summed E-state index contributed by atoms with van der Waals surface area (Å²) in [6.07, 6.45) is 0. The van der Waals surface area contributed by atoms with Gasteiger partial charge in [0.1, 0.15) is 5.82 Å². The van der Waals surface area contributed by atoms with Crippen LogP contribution in [0.15, 0.2) is 66.7 Å². The molecule has 0 aromatic heterocycles. The molecule has 2 amide bonds. The van der Waals surface area contributed by atoms with Crippen LogP contribution in [0.4, 0.5) is 10.1 Å². The molecule has 10 heteroatoms. The zero-order valence-corrected chi connectivity index (χ0v) is 25.7. The van der Waals surface area contributed by atoms with Crippen molar-refractivity contribution in [1.82, 2.24) is 20.7 Å². The van der Waals surface area contributed by atoms with E-state index < -0.39 is 0 Å². The van der Waals surface area contributed by atoms with E-state index in [0.29, 0.717) is 43.3 Å². The van der Waals surface area contributed by atoms with Gasteiger partial charge in [-0.2, -0.15) is 0 Å². The number of likely N-dealkylation sites (N-methyl/N-ethyl adjacent to an activating group) is 1. The summed E-state index contributed by atoms with van der Waals surface area (Å²) >= 11 is 0. The van der Waals surface area contributed by atoms with Crippen LogP contribution < -0.4 is 15.5 Å². The van der Waals surface area contributed by atoms with Gasteiger partial charge in [-0.1, -0.05) is 68.4 Å². The Balaban J connectivity index is 0.00000294. The van der Waals surface area contributed by atoms with Crippen LogP contribution in [0.1, 0.15) is 30.5 Å². The lowest BCUT2D eigenvalue weighted by atomic mass is 10.0. The fraction of sp³-hybridized carbons (Fsp3) is 0.355. The van der Waals surface area contributed by atoms with Crippen LogP contribution in [-0.2, 0) is 22.7 Å². The first-order valence-corrected chi connectivity index (χ1v) is 13.4. The molecule has 3 aromatic rings. The van der Waals surface area contributed by atoms with Crippen molar-refractivity contribution in [3.8, 4) is 11.1 Å². The molecule has 0 saturated heterocycles. The molecule has 0 bridgehead atoms. The normalized spacial score (nSPS) is 12.2. The van der Waals surface area contributed by atoms with Crippen LogP contribution >= 0.6 is 24.8 Å². The third-order valence-corrected chi connectivity index (χ3v) is 7.00. The van der Waals surface area contributed by atoms with Crippen LogP contribution in [0.5, 0.6) is 0 Å². The molecule has 41 heavy (non-hydrogen) atoms. The Morgan fingerprint density at radius 3 is 2.20 bits per heavy atom. The van der Waals surface area contributed by atoms with Crippen molar-refractivity contribution in [1.29, 1.82) is 0 Å².